The van der Waals surface area contributed by atoms with E-state index in [0.29, 0.717) is 6.79 Å². The lowest BCUT2D eigenvalue weighted by atomic mass is 9.74. The van der Waals surface area contributed by atoms with E-state index in [2.05, 4.69) is 35.6 Å². The van der Waals surface area contributed by atoms with Gasteiger partial charge in [0.1, 0.15) is 0 Å². The van der Waals surface area contributed by atoms with Gasteiger partial charge in [-0.2, -0.15) is 0 Å². The van der Waals surface area contributed by atoms with Crippen molar-refractivity contribution in [2.45, 2.75) is 18.5 Å². The third-order valence-electron chi connectivity index (χ3n) is 4.78. The fraction of sp³-hybridized carbons (Fsp3) is 0.294. The third-order valence-corrected chi connectivity index (χ3v) is 4.78. The van der Waals surface area contributed by atoms with E-state index < -0.39 is 5.66 Å². The van der Waals surface area contributed by atoms with Crippen molar-refractivity contribution in [3.63, 3.8) is 0 Å². The fourth-order valence-corrected chi connectivity index (χ4v) is 3.94. The molecule has 0 fully saturated rings. The van der Waals surface area contributed by atoms with Crippen LogP contribution in [0.5, 0.6) is 11.5 Å². The van der Waals surface area contributed by atoms with Crippen LogP contribution in [0.4, 0.5) is 0 Å². The van der Waals surface area contributed by atoms with Crippen LogP contribution in [0.2, 0.25) is 0 Å². The molecule has 1 aliphatic carbocycles. The van der Waals surface area contributed by atoms with Crippen molar-refractivity contribution in [1.82, 2.24) is 5.32 Å². The molecular formula is C17H16N2O2. The summed E-state index contributed by atoms with van der Waals surface area (Å²) in [5, 5.41) is 3.51. The molecule has 2 heterocycles. The van der Waals surface area contributed by atoms with Crippen LogP contribution in [0.3, 0.4) is 0 Å². The normalized spacial score (nSPS) is 24.4. The van der Waals surface area contributed by atoms with E-state index in [1.54, 1.807) is 0 Å². The Morgan fingerprint density at radius 2 is 2.05 bits per heavy atom. The van der Waals surface area contributed by atoms with Crippen molar-refractivity contribution in [3.05, 3.63) is 47.0 Å². The van der Waals surface area contributed by atoms with Crippen LogP contribution < -0.4 is 20.5 Å². The highest BCUT2D eigenvalue weighted by atomic mass is 16.7. The highest BCUT2D eigenvalue weighted by molar-refractivity contribution is 5.84. The largest absolute Gasteiger partial charge is 0.454 e. The molecule has 3 N–H and O–H groups in total. The Kier molecular flexibility index (Phi) is 2.09. The van der Waals surface area contributed by atoms with Crippen LogP contribution in [0.1, 0.15) is 16.7 Å². The molecule has 1 atom stereocenters. The van der Waals surface area contributed by atoms with E-state index in [4.69, 9.17) is 15.2 Å². The molecule has 0 aromatic heterocycles. The van der Waals surface area contributed by atoms with Gasteiger partial charge in [-0.1, -0.05) is 24.3 Å². The van der Waals surface area contributed by atoms with Crippen molar-refractivity contribution in [2.24, 2.45) is 5.73 Å². The van der Waals surface area contributed by atoms with E-state index in [9.17, 15) is 0 Å². The first-order chi connectivity index (χ1) is 10.3. The number of fused-ring (bicyclic) bond motifs is 4. The molecule has 0 radical (unpaired) electrons. The van der Waals surface area contributed by atoms with Crippen molar-refractivity contribution >= 4 is 0 Å². The van der Waals surface area contributed by atoms with E-state index in [1.165, 1.54) is 22.3 Å². The standard InChI is InChI=1S/C17H16N2O2/c18-17-8-11-3-1-2-4-12(11)14-15(17)10(5-6-19-17)7-13-16(14)21-9-20-13/h1-4,7,19H,5-6,8-9,18H2/t17-/m1/s1. The van der Waals surface area contributed by atoms with Gasteiger partial charge in [-0.25, -0.2) is 0 Å². The van der Waals surface area contributed by atoms with Crippen LogP contribution in [0.15, 0.2) is 30.3 Å². The molecule has 0 spiro atoms. The summed E-state index contributed by atoms with van der Waals surface area (Å²) < 4.78 is 11.4. The Bertz CT molecular complexity index is 772. The van der Waals surface area contributed by atoms with E-state index in [0.717, 1.165) is 36.4 Å². The molecule has 0 amide bonds. The molecular weight excluding hydrogens is 264 g/mol. The molecule has 4 heteroatoms. The minimum atomic E-state index is -0.502. The van der Waals surface area contributed by atoms with Gasteiger partial charge in [0.15, 0.2) is 11.5 Å². The smallest absolute Gasteiger partial charge is 0.231 e. The Balaban J connectivity index is 1.93. The minimum Gasteiger partial charge on any atom is -0.454 e. The van der Waals surface area contributed by atoms with Crippen molar-refractivity contribution < 1.29 is 9.47 Å². The first-order valence-electron chi connectivity index (χ1n) is 7.34. The topological polar surface area (TPSA) is 56.5 Å². The lowest BCUT2D eigenvalue weighted by Crippen LogP contribution is -2.57. The van der Waals surface area contributed by atoms with Gasteiger partial charge in [-0.3, -0.25) is 5.32 Å². The quantitative estimate of drug-likeness (QED) is 0.774. The van der Waals surface area contributed by atoms with Gasteiger partial charge >= 0.3 is 0 Å². The molecule has 0 unspecified atom stereocenters. The molecule has 5 rings (SSSR count). The first kappa shape index (κ1) is 11.6. The average Bonchev–Trinajstić information content (AvgIpc) is 2.94. The maximum atomic E-state index is 6.72. The Labute approximate surface area is 122 Å². The summed E-state index contributed by atoms with van der Waals surface area (Å²) in [5.41, 5.74) is 12.3. The lowest BCUT2D eigenvalue weighted by molar-refractivity contribution is 0.174. The zero-order chi connectivity index (χ0) is 14.0. The van der Waals surface area contributed by atoms with Crippen LogP contribution in [0, 0.1) is 0 Å². The van der Waals surface area contributed by atoms with Gasteiger partial charge in [0.05, 0.1) is 5.66 Å². The molecule has 21 heavy (non-hydrogen) atoms. The van der Waals surface area contributed by atoms with Crippen molar-refractivity contribution in [2.75, 3.05) is 13.3 Å². The van der Waals surface area contributed by atoms with Gasteiger partial charge in [-0.15, -0.1) is 0 Å². The average molecular weight is 280 g/mol. The molecule has 0 saturated heterocycles. The molecule has 0 bridgehead atoms. The minimum absolute atomic E-state index is 0.290. The molecule has 2 aliphatic heterocycles. The number of rotatable bonds is 0. The molecule has 2 aromatic rings. The van der Waals surface area contributed by atoms with Crippen LogP contribution >= 0.6 is 0 Å². The van der Waals surface area contributed by atoms with Crippen LogP contribution in [-0.4, -0.2) is 13.3 Å². The van der Waals surface area contributed by atoms with E-state index >= 15 is 0 Å². The summed E-state index contributed by atoms with van der Waals surface area (Å²) in [6, 6.07) is 10.5. The Morgan fingerprint density at radius 3 is 3.00 bits per heavy atom. The number of ether oxygens (including phenoxy) is 2. The summed E-state index contributed by atoms with van der Waals surface area (Å²) in [6.45, 7) is 1.18. The SMILES string of the molecule is N[C@@]12Cc3ccccc3-c3c4c(cc(c31)CCN2)OCO4. The van der Waals surface area contributed by atoms with Gasteiger partial charge in [0.2, 0.25) is 6.79 Å². The van der Waals surface area contributed by atoms with E-state index in [-0.39, 0.29) is 0 Å². The maximum Gasteiger partial charge on any atom is 0.231 e. The zero-order valence-corrected chi connectivity index (χ0v) is 11.6. The van der Waals surface area contributed by atoms with Gasteiger partial charge in [0.25, 0.3) is 0 Å². The van der Waals surface area contributed by atoms with Crippen molar-refractivity contribution in [3.8, 4) is 22.6 Å². The summed E-state index contributed by atoms with van der Waals surface area (Å²) in [4.78, 5) is 0. The Morgan fingerprint density at radius 1 is 1.14 bits per heavy atom. The number of benzene rings is 2. The monoisotopic (exact) mass is 280 g/mol. The lowest BCUT2D eigenvalue weighted by Gasteiger charge is -2.42. The summed E-state index contributed by atoms with van der Waals surface area (Å²) in [5.74, 6) is 1.70. The van der Waals surface area contributed by atoms with Gasteiger partial charge in [-0.05, 0) is 29.2 Å². The second-order valence-corrected chi connectivity index (χ2v) is 6.00. The predicted molar refractivity (Wildman–Crippen MR) is 79.3 cm³/mol. The van der Waals surface area contributed by atoms with Crippen molar-refractivity contribution in [1.29, 1.82) is 0 Å². The Hall–Kier alpha value is -2.04. The van der Waals surface area contributed by atoms with Crippen LogP contribution in [-0.2, 0) is 18.5 Å². The molecule has 106 valence electrons. The molecule has 3 aliphatic rings. The van der Waals surface area contributed by atoms with Gasteiger partial charge in [0, 0.05) is 24.1 Å². The predicted octanol–water partition coefficient (Wildman–Crippen LogP) is 1.90. The number of hydrogen-bond donors (Lipinski definition) is 2. The van der Waals surface area contributed by atoms with E-state index in [1.807, 2.05) is 0 Å². The second-order valence-electron chi connectivity index (χ2n) is 6.00. The number of hydrogen-bond acceptors (Lipinski definition) is 4. The molecule has 2 aromatic carbocycles. The first-order valence-corrected chi connectivity index (χ1v) is 7.34. The maximum absolute atomic E-state index is 6.72. The number of nitrogens with two attached hydrogens (primary N) is 1. The summed E-state index contributed by atoms with van der Waals surface area (Å²) in [6.07, 6.45) is 1.78. The summed E-state index contributed by atoms with van der Waals surface area (Å²) in [7, 11) is 0. The zero-order valence-electron chi connectivity index (χ0n) is 11.6. The second kappa shape index (κ2) is 3.78. The molecule has 0 saturated carbocycles. The third kappa shape index (κ3) is 1.41. The molecule has 4 nitrogen and oxygen atoms in total. The highest BCUT2D eigenvalue weighted by Gasteiger charge is 2.42. The number of nitrogens with one attached hydrogen (secondary N) is 1. The van der Waals surface area contributed by atoms with Crippen LogP contribution in [0.25, 0.3) is 11.1 Å². The fourth-order valence-electron chi connectivity index (χ4n) is 3.94. The van der Waals surface area contributed by atoms with Gasteiger partial charge < -0.3 is 15.2 Å². The summed E-state index contributed by atoms with van der Waals surface area (Å²) >= 11 is 0. The highest BCUT2D eigenvalue weighted by Crippen LogP contribution is 2.52.